The van der Waals surface area contributed by atoms with Crippen LogP contribution in [0.4, 0.5) is 17.6 Å². The van der Waals surface area contributed by atoms with E-state index in [1.165, 1.54) is 76.7 Å². The van der Waals surface area contributed by atoms with E-state index < -0.39 is 15.8 Å². The van der Waals surface area contributed by atoms with E-state index in [0.717, 1.165) is 102 Å². The predicted molar refractivity (Wildman–Crippen MR) is 535 cm³/mol. The predicted octanol–water partition coefficient (Wildman–Crippen LogP) is 20.8. The van der Waals surface area contributed by atoms with Crippen LogP contribution in [0, 0.1) is 53.6 Å². The van der Waals surface area contributed by atoms with Gasteiger partial charge < -0.3 is 58.2 Å². The third-order valence-electron chi connectivity index (χ3n) is 25.1. The minimum absolute atomic E-state index is 0.0104. The van der Waals surface area contributed by atoms with Crippen LogP contribution in [0.15, 0.2) is 238 Å². The molecule has 0 saturated carbocycles. The SMILES string of the molecule is CCCOc1ccc(C(=O)CCC2(c3cccc(-c4csc5c(F)cccc45)n3)COC2)cc1OC.COc1cc(C(=O)CCC2(c3cccc(-c4csc5c(F)cccc45)n3)COC2)ccc1OCCO.NCC1(c2cccc(-c3csc4c(F)cccc34)n2)COC1.O=[N+]([O-])C=C1COC1.O=[N+]([O-])CC1(c2cccc(-c3csc4c(F)cccc34)n2)COC1.O=[N+]([O-])CC1(c2cccc(Br)n2)COC1. The molecule has 3 N–H and O–H groups in total. The number of ether oxygens (including phenoxy) is 10. The van der Waals surface area contributed by atoms with Crippen molar-refractivity contribution >= 4 is 113 Å². The van der Waals surface area contributed by atoms with Gasteiger partial charge in [0, 0.05) is 106 Å². The lowest BCUT2D eigenvalue weighted by Crippen LogP contribution is -2.52. The van der Waals surface area contributed by atoms with Gasteiger partial charge in [-0.2, -0.15) is 0 Å². The molecule has 6 fully saturated rings. The number of nitro groups is 3. The highest BCUT2D eigenvalue weighted by atomic mass is 79.9. The number of carbonyl (C=O) groups is 2. The number of methoxy groups -OCH3 is 2. The van der Waals surface area contributed by atoms with Gasteiger partial charge in [-0.05, 0) is 157 Å². The molecule has 0 amide bonds. The normalized spacial score (nSPS) is 15.6. The number of fused-ring (bicyclic) bond motifs is 4. The quantitative estimate of drug-likeness (QED) is 0.0134. The molecule has 0 radical (unpaired) electrons. The second-order valence-corrected chi connectivity index (χ2v) is 39.0. The van der Waals surface area contributed by atoms with Gasteiger partial charge in [-0.15, -0.1) is 45.3 Å². The van der Waals surface area contributed by atoms with Crippen molar-refractivity contribution in [2.45, 2.75) is 66.1 Å². The number of hydrogen-bond donors (Lipinski definition) is 2. The smallest absolute Gasteiger partial charge is 0.238 e. The molecule has 15 heterocycles. The molecular formula is C104H96BrF4N9O19S4. The fourth-order valence-corrected chi connectivity index (χ4v) is 21.1. The first kappa shape index (κ1) is 101. The third-order valence-corrected chi connectivity index (χ3v) is 29.5. The van der Waals surface area contributed by atoms with Crippen LogP contribution in [0.3, 0.4) is 0 Å². The van der Waals surface area contributed by atoms with Crippen LogP contribution in [0.1, 0.15) is 88.2 Å². The molecule has 9 aromatic heterocycles. The van der Waals surface area contributed by atoms with Crippen LogP contribution in [0.2, 0.25) is 0 Å². The van der Waals surface area contributed by atoms with Gasteiger partial charge in [0.1, 0.15) is 45.3 Å². The number of nitrogens with zero attached hydrogens (tertiary/aromatic N) is 8. The number of benzene rings is 6. The van der Waals surface area contributed by atoms with Crippen LogP contribution in [-0.4, -0.2) is 189 Å². The molecule has 6 saturated heterocycles. The van der Waals surface area contributed by atoms with Crippen LogP contribution in [0.25, 0.3) is 85.4 Å². The number of halogens is 5. The molecule has 0 spiro atoms. The van der Waals surface area contributed by atoms with Gasteiger partial charge in [0.25, 0.3) is 0 Å². The Balaban J connectivity index is 0.000000128. The summed E-state index contributed by atoms with van der Waals surface area (Å²) in [5, 5.41) is 51.4. The van der Waals surface area contributed by atoms with E-state index in [9.17, 15) is 57.5 Å². The van der Waals surface area contributed by atoms with Gasteiger partial charge in [0.2, 0.25) is 19.3 Å². The average Bonchev–Trinajstić information content (AvgIpc) is 1.59. The third kappa shape index (κ3) is 22.8. The van der Waals surface area contributed by atoms with Crippen LogP contribution >= 0.6 is 61.3 Å². The number of thiophene rings is 4. The molecule has 141 heavy (non-hydrogen) atoms. The van der Waals surface area contributed by atoms with Gasteiger partial charge in [-0.25, -0.2) is 22.5 Å². The van der Waals surface area contributed by atoms with Crippen molar-refractivity contribution in [2.75, 3.05) is 133 Å². The Hall–Kier alpha value is -12.7. The Kier molecular flexibility index (Phi) is 32.6. The number of nitrogens with two attached hydrogens (primary N) is 1. The van der Waals surface area contributed by atoms with Crippen LogP contribution in [0.5, 0.6) is 23.0 Å². The van der Waals surface area contributed by atoms with Gasteiger partial charge in [0.15, 0.2) is 34.6 Å². The van der Waals surface area contributed by atoms with Crippen molar-refractivity contribution in [3.63, 3.8) is 0 Å². The number of rotatable bonds is 31. The highest BCUT2D eigenvalue weighted by molar-refractivity contribution is 9.10. The second kappa shape index (κ2) is 45.5. The highest BCUT2D eigenvalue weighted by Gasteiger charge is 2.49. The van der Waals surface area contributed by atoms with E-state index in [2.05, 4.69) is 30.6 Å². The Morgan fingerprint density at radius 2 is 0.752 bits per heavy atom. The summed E-state index contributed by atoms with van der Waals surface area (Å²) in [6, 6.07) is 59.3. The first-order valence-corrected chi connectivity index (χ1v) is 49.3. The summed E-state index contributed by atoms with van der Waals surface area (Å²) in [6.45, 7) is 8.29. The van der Waals surface area contributed by atoms with Crippen molar-refractivity contribution < 1.29 is 94.4 Å². The Labute approximate surface area is 831 Å². The summed E-state index contributed by atoms with van der Waals surface area (Å²) in [5.74, 6) is 1.27. The minimum atomic E-state index is -0.670. The average molecular weight is 2060 g/mol. The zero-order chi connectivity index (χ0) is 99.0. The first-order chi connectivity index (χ1) is 68.3. The fourth-order valence-electron chi connectivity index (χ4n) is 16.9. The van der Waals surface area contributed by atoms with E-state index in [1.807, 2.05) is 126 Å². The Morgan fingerprint density at radius 1 is 0.433 bits per heavy atom. The van der Waals surface area contributed by atoms with E-state index in [4.69, 9.17) is 68.4 Å². The van der Waals surface area contributed by atoms with E-state index in [0.29, 0.717) is 187 Å². The van der Waals surface area contributed by atoms with E-state index >= 15 is 0 Å². The summed E-state index contributed by atoms with van der Waals surface area (Å²) < 4.78 is 113. The molecule has 0 aliphatic carbocycles. The molecule has 37 heteroatoms. The highest BCUT2D eigenvalue weighted by Crippen LogP contribution is 2.46. The van der Waals surface area contributed by atoms with Crippen molar-refractivity contribution in [3.05, 3.63) is 331 Å². The summed E-state index contributed by atoms with van der Waals surface area (Å²) in [6.07, 6.45) is 3.78. The monoisotopic (exact) mass is 2060 g/mol. The van der Waals surface area contributed by atoms with Crippen molar-refractivity contribution in [1.29, 1.82) is 0 Å². The molecule has 730 valence electrons. The number of aliphatic hydroxyl groups is 1. The minimum Gasteiger partial charge on any atom is -0.493 e. The maximum Gasteiger partial charge on any atom is 0.238 e. The molecule has 6 aliphatic heterocycles. The second-order valence-electron chi connectivity index (χ2n) is 34.7. The molecule has 6 aromatic carbocycles. The summed E-state index contributed by atoms with van der Waals surface area (Å²) >= 11 is 8.75. The first-order valence-electron chi connectivity index (χ1n) is 45.0. The number of aliphatic hydroxyl groups excluding tert-OH is 1. The molecule has 15 aromatic rings. The van der Waals surface area contributed by atoms with Crippen LogP contribution in [-0.2, 0) is 55.5 Å². The number of carbonyl (C=O) groups excluding carboxylic acids is 2. The topological polar surface area (TPSA) is 367 Å². The number of hydrogen-bond acceptors (Lipinski definition) is 29. The van der Waals surface area contributed by atoms with Gasteiger partial charge in [-0.3, -0.25) is 59.9 Å². The van der Waals surface area contributed by atoms with Gasteiger partial charge in [-0.1, -0.05) is 85.8 Å². The zero-order valence-electron chi connectivity index (χ0n) is 76.7. The lowest BCUT2D eigenvalue weighted by atomic mass is 9.77. The molecule has 0 atom stereocenters. The number of ketones is 2. The number of pyridine rings is 5. The standard InChI is InChI=1S/C29H28FNO4S.C28H26FNO5S.C17H13FN2O3S.C17H15FN2OS.C9H9BrN2O3.C4H5NO3/c1-3-14-35-25-11-10-19(15-26(25)33-2)24(32)12-13-29(17-34-18-29)27-9-5-8-23(31-27)21-16-36-28-20(21)6-4-7-22(28)30;1-33-25-14-18(8-9-24(25)35-13-12-31)23(32)10-11-28(16-34-17-28)26-7-3-6-22(30-26)20-15-36-27-19(20)4-2-5-21(27)29;18-13-4-1-3-11-12(7-24-16(11)13)14-5-2-6-15(19-14)17(8-20(21)22)9-23-10-17;18-13-4-1-3-11-12(7-22-16(11)13)14-5-2-6-15(20-14)17(8-19)9-21-10-17;10-8-3-1-2-7(11-8)9(4-12(13)14)5-15-6-9;6-5(7)1-4-2-8-3-4/h4-11,15-16H,3,12-14,17-18H2,1-2H3;2-9,14-15,31H,10-13,16-17H2,1H3;1-7H,8-10H2;1-7H,8-10,19H2;1-3H,4-6H2;1H,2-3H2. The molecule has 0 bridgehead atoms. The molecule has 0 unspecified atom stereocenters. The summed E-state index contributed by atoms with van der Waals surface area (Å²) in [4.78, 5) is 79.9. The lowest BCUT2D eigenvalue weighted by Gasteiger charge is -2.41. The maximum absolute atomic E-state index is 14.2. The fraction of sp³-hybridized carbons (Fsp3) is 0.298. The number of aromatic nitrogens is 5. The molecule has 21 rings (SSSR count). The van der Waals surface area contributed by atoms with E-state index in [-0.39, 0.29) is 87.2 Å². The lowest BCUT2D eigenvalue weighted by molar-refractivity contribution is -0.498. The largest absolute Gasteiger partial charge is 0.493 e. The summed E-state index contributed by atoms with van der Waals surface area (Å²) in [5.41, 5.74) is 16.6. The van der Waals surface area contributed by atoms with Crippen molar-refractivity contribution in [2.24, 2.45) is 5.73 Å². The molecule has 6 aliphatic rings. The Morgan fingerprint density at radius 3 is 1.03 bits per heavy atom. The maximum atomic E-state index is 14.2. The molecular weight excluding hydrogens is 1960 g/mol. The van der Waals surface area contributed by atoms with Crippen molar-refractivity contribution in [1.82, 2.24) is 24.9 Å². The Bertz CT molecular complexity index is 6880. The van der Waals surface area contributed by atoms with Gasteiger partial charge in [0.05, 0.1) is 204 Å². The van der Waals surface area contributed by atoms with Gasteiger partial charge >= 0.3 is 0 Å². The summed E-state index contributed by atoms with van der Waals surface area (Å²) in [7, 11) is 3.09. The zero-order valence-corrected chi connectivity index (χ0v) is 81.5. The van der Waals surface area contributed by atoms with Crippen molar-refractivity contribution in [3.8, 4) is 68.0 Å². The number of Topliss-reactive ketones (excluding diaryl/α,β-unsaturated/α-hetero) is 2. The van der Waals surface area contributed by atoms with Crippen LogP contribution < -0.4 is 24.7 Å². The molecule has 28 nitrogen and oxygen atoms in total. The van der Waals surface area contributed by atoms with E-state index in [1.54, 1.807) is 86.0 Å².